The van der Waals surface area contributed by atoms with Gasteiger partial charge in [-0.1, -0.05) is 13.8 Å². The highest BCUT2D eigenvalue weighted by Crippen LogP contribution is 2.05. The standard InChI is InChI=1S/C10H20N2O5S/c1-7(2)5-6-18(16,17)12-8(10(14)15)3-4-9(11)13/h7-8,12H,3-6H2,1-2H3,(H2,11,13)(H,14,15)/t8-/m0/s1. The van der Waals surface area contributed by atoms with Gasteiger partial charge in [0.15, 0.2) is 0 Å². The number of carbonyl (C=O) groups excluding carboxylic acids is 1. The maximum absolute atomic E-state index is 11.6. The Morgan fingerprint density at radius 1 is 1.28 bits per heavy atom. The van der Waals surface area contributed by atoms with Crippen LogP contribution in [0.25, 0.3) is 0 Å². The molecule has 0 saturated carbocycles. The highest BCUT2D eigenvalue weighted by Gasteiger charge is 2.24. The second-order valence-electron chi connectivity index (χ2n) is 4.52. The topological polar surface area (TPSA) is 127 Å². The van der Waals surface area contributed by atoms with E-state index in [1.54, 1.807) is 0 Å². The van der Waals surface area contributed by atoms with Crippen LogP contribution in [0.5, 0.6) is 0 Å². The number of rotatable bonds is 9. The molecule has 0 aliphatic heterocycles. The molecule has 18 heavy (non-hydrogen) atoms. The Bertz CT molecular complexity index is 391. The first-order valence-corrected chi connectivity index (χ1v) is 7.30. The summed E-state index contributed by atoms with van der Waals surface area (Å²) in [7, 11) is -3.65. The second-order valence-corrected chi connectivity index (χ2v) is 6.39. The van der Waals surface area contributed by atoms with Crippen molar-refractivity contribution in [3.63, 3.8) is 0 Å². The van der Waals surface area contributed by atoms with E-state index >= 15 is 0 Å². The fourth-order valence-corrected chi connectivity index (χ4v) is 2.74. The molecular weight excluding hydrogens is 260 g/mol. The van der Waals surface area contributed by atoms with Crippen LogP contribution in [0, 0.1) is 5.92 Å². The molecule has 1 amide bonds. The summed E-state index contributed by atoms with van der Waals surface area (Å²) in [4.78, 5) is 21.4. The molecule has 0 aromatic carbocycles. The lowest BCUT2D eigenvalue weighted by atomic mass is 10.2. The average Bonchev–Trinajstić information content (AvgIpc) is 2.21. The third kappa shape index (κ3) is 8.02. The highest BCUT2D eigenvalue weighted by molar-refractivity contribution is 7.89. The Labute approximate surface area is 107 Å². The monoisotopic (exact) mass is 280 g/mol. The van der Waals surface area contributed by atoms with E-state index in [2.05, 4.69) is 4.72 Å². The zero-order valence-corrected chi connectivity index (χ0v) is 11.4. The molecule has 4 N–H and O–H groups in total. The fraction of sp³-hybridized carbons (Fsp3) is 0.800. The number of carboxylic acid groups (broad SMARTS) is 1. The molecule has 0 aromatic rings. The summed E-state index contributed by atoms with van der Waals surface area (Å²) >= 11 is 0. The number of sulfonamides is 1. The fourth-order valence-electron chi connectivity index (χ4n) is 1.19. The van der Waals surface area contributed by atoms with Crippen LogP contribution in [-0.4, -0.2) is 37.2 Å². The Balaban J connectivity index is 4.47. The minimum atomic E-state index is -3.65. The van der Waals surface area contributed by atoms with Crippen LogP contribution in [0.3, 0.4) is 0 Å². The van der Waals surface area contributed by atoms with Crippen LogP contribution in [-0.2, 0) is 19.6 Å². The van der Waals surface area contributed by atoms with E-state index in [0.29, 0.717) is 6.42 Å². The highest BCUT2D eigenvalue weighted by atomic mass is 32.2. The van der Waals surface area contributed by atoms with Gasteiger partial charge in [0, 0.05) is 6.42 Å². The van der Waals surface area contributed by atoms with E-state index in [1.807, 2.05) is 13.8 Å². The molecule has 0 unspecified atom stereocenters. The third-order valence-electron chi connectivity index (χ3n) is 2.26. The van der Waals surface area contributed by atoms with Gasteiger partial charge in [0.25, 0.3) is 0 Å². The number of primary amides is 1. The van der Waals surface area contributed by atoms with Crippen molar-refractivity contribution in [1.82, 2.24) is 4.72 Å². The Hall–Kier alpha value is -1.15. The SMILES string of the molecule is CC(C)CCS(=O)(=O)N[C@@H](CCC(N)=O)C(=O)O. The van der Waals surface area contributed by atoms with Gasteiger partial charge in [-0.15, -0.1) is 0 Å². The Morgan fingerprint density at radius 3 is 2.22 bits per heavy atom. The van der Waals surface area contributed by atoms with Crippen LogP contribution in [0.4, 0.5) is 0 Å². The maximum Gasteiger partial charge on any atom is 0.321 e. The average molecular weight is 280 g/mol. The molecule has 106 valence electrons. The first-order valence-electron chi connectivity index (χ1n) is 5.65. The van der Waals surface area contributed by atoms with Gasteiger partial charge in [-0.3, -0.25) is 9.59 Å². The summed E-state index contributed by atoms with van der Waals surface area (Å²) in [6.45, 7) is 3.74. The molecule has 0 heterocycles. The summed E-state index contributed by atoms with van der Waals surface area (Å²) in [5.41, 5.74) is 4.89. The Kier molecular flexibility index (Phi) is 6.85. The van der Waals surface area contributed by atoms with Crippen molar-refractivity contribution in [2.24, 2.45) is 11.7 Å². The zero-order chi connectivity index (χ0) is 14.3. The molecule has 1 atom stereocenters. The van der Waals surface area contributed by atoms with Gasteiger partial charge < -0.3 is 10.8 Å². The van der Waals surface area contributed by atoms with Gasteiger partial charge in [0.05, 0.1) is 5.75 Å². The summed E-state index contributed by atoms with van der Waals surface area (Å²) in [5.74, 6) is -1.91. The first kappa shape index (κ1) is 16.9. The van der Waals surface area contributed by atoms with Crippen molar-refractivity contribution in [2.45, 2.75) is 39.2 Å². The minimum Gasteiger partial charge on any atom is -0.480 e. The maximum atomic E-state index is 11.6. The van der Waals surface area contributed by atoms with Crippen molar-refractivity contribution in [3.05, 3.63) is 0 Å². The lowest BCUT2D eigenvalue weighted by molar-refractivity contribution is -0.139. The van der Waals surface area contributed by atoms with E-state index in [4.69, 9.17) is 10.8 Å². The van der Waals surface area contributed by atoms with Crippen molar-refractivity contribution >= 4 is 21.9 Å². The molecule has 0 aromatic heterocycles. The van der Waals surface area contributed by atoms with Crippen molar-refractivity contribution in [1.29, 1.82) is 0 Å². The smallest absolute Gasteiger partial charge is 0.321 e. The van der Waals surface area contributed by atoms with Gasteiger partial charge in [-0.05, 0) is 18.8 Å². The van der Waals surface area contributed by atoms with Crippen LogP contribution < -0.4 is 10.5 Å². The summed E-state index contributed by atoms with van der Waals surface area (Å²) in [5, 5.41) is 8.85. The first-order chi connectivity index (χ1) is 8.14. The van der Waals surface area contributed by atoms with Crippen LogP contribution in [0.2, 0.25) is 0 Å². The zero-order valence-electron chi connectivity index (χ0n) is 10.5. The molecule has 0 rings (SSSR count). The summed E-state index contributed by atoms with van der Waals surface area (Å²) in [6, 6.07) is -1.31. The molecule has 0 bridgehead atoms. The van der Waals surface area contributed by atoms with Gasteiger partial charge in [0.1, 0.15) is 6.04 Å². The van der Waals surface area contributed by atoms with Crippen LogP contribution in [0.15, 0.2) is 0 Å². The van der Waals surface area contributed by atoms with Crippen molar-refractivity contribution < 1.29 is 23.1 Å². The quantitative estimate of drug-likeness (QED) is 0.533. The Morgan fingerprint density at radius 2 is 1.83 bits per heavy atom. The molecule has 0 fully saturated rings. The molecule has 8 heteroatoms. The van der Waals surface area contributed by atoms with Gasteiger partial charge in [-0.25, -0.2) is 13.1 Å². The van der Waals surface area contributed by atoms with E-state index in [9.17, 15) is 18.0 Å². The molecule has 0 aliphatic rings. The van der Waals surface area contributed by atoms with Gasteiger partial charge in [-0.2, -0.15) is 0 Å². The molecule has 7 nitrogen and oxygen atoms in total. The molecular formula is C10H20N2O5S. The van der Waals surface area contributed by atoms with E-state index in [1.165, 1.54) is 0 Å². The van der Waals surface area contributed by atoms with Crippen LogP contribution >= 0.6 is 0 Å². The predicted molar refractivity (Wildman–Crippen MR) is 66.2 cm³/mol. The summed E-state index contributed by atoms with van der Waals surface area (Å²) < 4.78 is 25.3. The number of nitrogens with one attached hydrogen (secondary N) is 1. The predicted octanol–water partition coefficient (Wildman–Crippen LogP) is -0.329. The number of hydrogen-bond donors (Lipinski definition) is 3. The largest absolute Gasteiger partial charge is 0.480 e. The van der Waals surface area contributed by atoms with Crippen molar-refractivity contribution in [2.75, 3.05) is 5.75 Å². The number of amides is 1. The second kappa shape index (κ2) is 7.32. The van der Waals surface area contributed by atoms with Gasteiger partial charge >= 0.3 is 5.97 Å². The van der Waals surface area contributed by atoms with Crippen LogP contribution in [0.1, 0.15) is 33.1 Å². The number of carboxylic acids is 1. The summed E-state index contributed by atoms with van der Waals surface area (Å²) in [6.07, 6.45) is 0.118. The van der Waals surface area contributed by atoms with E-state index in [0.717, 1.165) is 0 Å². The number of hydrogen-bond acceptors (Lipinski definition) is 4. The normalized spacial score (nSPS) is 13.5. The molecule has 0 spiro atoms. The minimum absolute atomic E-state index is 0.134. The third-order valence-corrected chi connectivity index (χ3v) is 3.68. The number of carbonyl (C=O) groups is 2. The number of aliphatic carboxylic acids is 1. The van der Waals surface area contributed by atoms with Gasteiger partial charge in [0.2, 0.25) is 15.9 Å². The van der Waals surface area contributed by atoms with E-state index in [-0.39, 0.29) is 24.5 Å². The van der Waals surface area contributed by atoms with E-state index < -0.39 is 27.9 Å². The number of nitrogens with two attached hydrogens (primary N) is 1. The lowest BCUT2D eigenvalue weighted by Gasteiger charge is -2.14. The lowest BCUT2D eigenvalue weighted by Crippen LogP contribution is -2.42. The molecule has 0 saturated heterocycles. The molecule has 0 radical (unpaired) electrons. The van der Waals surface area contributed by atoms with Crippen molar-refractivity contribution in [3.8, 4) is 0 Å². The molecule has 0 aliphatic carbocycles.